The highest BCUT2D eigenvalue weighted by molar-refractivity contribution is 6.35. The highest BCUT2D eigenvalue weighted by atomic mass is 35.5. The molecule has 0 atom stereocenters. The van der Waals surface area contributed by atoms with Gasteiger partial charge in [-0.3, -0.25) is 18.5 Å². The van der Waals surface area contributed by atoms with Crippen LogP contribution in [0.2, 0.25) is 10.0 Å². The van der Waals surface area contributed by atoms with E-state index in [2.05, 4.69) is 15.2 Å². The van der Waals surface area contributed by atoms with Crippen molar-refractivity contribution < 1.29 is 0 Å². The number of benzene rings is 1. The van der Waals surface area contributed by atoms with Crippen LogP contribution in [-0.2, 0) is 20.6 Å². The molecule has 0 spiro atoms. The van der Waals surface area contributed by atoms with Crippen LogP contribution in [0.5, 0.6) is 0 Å². The van der Waals surface area contributed by atoms with Crippen molar-refractivity contribution in [3.05, 3.63) is 54.6 Å². The molecule has 3 aromatic rings. The van der Waals surface area contributed by atoms with Crippen LogP contribution in [0.15, 0.2) is 27.8 Å². The lowest BCUT2D eigenvalue weighted by atomic mass is 10.2. The Kier molecular flexibility index (Phi) is 4.95. The van der Waals surface area contributed by atoms with Gasteiger partial charge >= 0.3 is 5.69 Å². The molecule has 1 N–H and O–H groups in total. The molecule has 0 radical (unpaired) electrons. The first-order chi connectivity index (χ1) is 13.4. The van der Waals surface area contributed by atoms with Gasteiger partial charge in [0.1, 0.15) is 0 Å². The number of rotatable bonds is 3. The van der Waals surface area contributed by atoms with Crippen LogP contribution in [0.25, 0.3) is 11.2 Å². The first-order valence-corrected chi connectivity index (χ1v) is 9.70. The molecule has 0 saturated carbocycles. The first-order valence-electron chi connectivity index (χ1n) is 8.94. The van der Waals surface area contributed by atoms with Crippen LogP contribution in [-0.4, -0.2) is 44.9 Å². The number of fused-ring (bicyclic) bond motifs is 1. The first kappa shape index (κ1) is 19.0. The molecule has 4 rings (SSSR count). The highest BCUT2D eigenvalue weighted by Crippen LogP contribution is 2.26. The summed E-state index contributed by atoms with van der Waals surface area (Å²) in [4.78, 5) is 32.1. The van der Waals surface area contributed by atoms with E-state index in [4.69, 9.17) is 23.2 Å². The molecule has 1 aliphatic heterocycles. The second kappa shape index (κ2) is 7.27. The third-order valence-electron chi connectivity index (χ3n) is 5.07. The quantitative estimate of drug-likeness (QED) is 0.685. The van der Waals surface area contributed by atoms with Crippen molar-refractivity contribution in [1.82, 2.24) is 24.0 Å². The molecule has 0 amide bonds. The number of nitrogens with one attached hydrogen (secondary N) is 1. The predicted octanol–water partition coefficient (Wildman–Crippen LogP) is 1.20. The zero-order valence-corrected chi connectivity index (χ0v) is 17.1. The van der Waals surface area contributed by atoms with Crippen LogP contribution >= 0.6 is 23.2 Å². The van der Waals surface area contributed by atoms with Gasteiger partial charge in [0.25, 0.3) is 5.56 Å². The van der Waals surface area contributed by atoms with Gasteiger partial charge in [-0.05, 0) is 17.7 Å². The van der Waals surface area contributed by atoms with E-state index in [-0.39, 0.29) is 5.56 Å². The number of hydrogen-bond acceptors (Lipinski definition) is 5. The molecule has 2 aromatic heterocycles. The SMILES string of the molecule is Cn1c(=O)c2c(nc(N3CCNCC3)n2Cc2ccc(Cl)cc2Cl)n(C)c1=O. The molecule has 0 bridgehead atoms. The molecule has 1 aromatic carbocycles. The van der Waals surface area contributed by atoms with Crippen LogP contribution in [0.4, 0.5) is 5.95 Å². The number of halogens is 2. The van der Waals surface area contributed by atoms with Crippen LogP contribution in [0, 0.1) is 0 Å². The lowest BCUT2D eigenvalue weighted by Gasteiger charge is -2.28. The van der Waals surface area contributed by atoms with Gasteiger partial charge in [0, 0.05) is 50.3 Å². The van der Waals surface area contributed by atoms with Gasteiger partial charge in [-0.1, -0.05) is 29.3 Å². The third-order valence-corrected chi connectivity index (χ3v) is 5.66. The Labute approximate surface area is 170 Å². The van der Waals surface area contributed by atoms with E-state index in [1.807, 2.05) is 10.6 Å². The van der Waals surface area contributed by atoms with Crippen LogP contribution in [0.1, 0.15) is 5.56 Å². The van der Waals surface area contributed by atoms with Gasteiger partial charge < -0.3 is 10.2 Å². The van der Waals surface area contributed by atoms with E-state index < -0.39 is 5.69 Å². The Morgan fingerprint density at radius 2 is 1.82 bits per heavy atom. The predicted molar refractivity (Wildman–Crippen MR) is 111 cm³/mol. The van der Waals surface area contributed by atoms with Crippen molar-refractivity contribution in [2.75, 3.05) is 31.1 Å². The monoisotopic (exact) mass is 422 g/mol. The van der Waals surface area contributed by atoms with Gasteiger partial charge in [0.05, 0.1) is 6.54 Å². The zero-order chi connectivity index (χ0) is 20.0. The Morgan fingerprint density at radius 3 is 2.50 bits per heavy atom. The number of hydrogen-bond donors (Lipinski definition) is 1. The summed E-state index contributed by atoms with van der Waals surface area (Å²) < 4.78 is 4.35. The number of piperazine rings is 1. The minimum Gasteiger partial charge on any atom is -0.340 e. The third kappa shape index (κ3) is 3.11. The molecule has 148 valence electrons. The normalized spacial score (nSPS) is 14.8. The van der Waals surface area contributed by atoms with Gasteiger partial charge in [-0.2, -0.15) is 4.98 Å². The van der Waals surface area contributed by atoms with E-state index in [9.17, 15) is 9.59 Å². The molecule has 8 nitrogen and oxygen atoms in total. The van der Waals surface area contributed by atoms with E-state index >= 15 is 0 Å². The topological polar surface area (TPSA) is 77.1 Å². The minimum absolute atomic E-state index is 0.346. The number of imidazole rings is 1. The Hall–Kier alpha value is -2.29. The summed E-state index contributed by atoms with van der Waals surface area (Å²) in [6.07, 6.45) is 0. The minimum atomic E-state index is -0.404. The summed E-state index contributed by atoms with van der Waals surface area (Å²) in [5, 5.41) is 4.37. The fourth-order valence-electron chi connectivity index (χ4n) is 3.51. The summed E-state index contributed by atoms with van der Waals surface area (Å²) >= 11 is 12.4. The van der Waals surface area contributed by atoms with Gasteiger partial charge in [-0.15, -0.1) is 0 Å². The van der Waals surface area contributed by atoms with Gasteiger partial charge in [-0.25, -0.2) is 4.79 Å². The van der Waals surface area contributed by atoms with Gasteiger partial charge in [0.15, 0.2) is 11.2 Å². The zero-order valence-electron chi connectivity index (χ0n) is 15.6. The molecule has 1 aliphatic rings. The summed E-state index contributed by atoms with van der Waals surface area (Å²) in [5.74, 6) is 0.654. The highest BCUT2D eigenvalue weighted by Gasteiger charge is 2.24. The molecule has 28 heavy (non-hydrogen) atoms. The standard InChI is InChI=1S/C18H20Cl2N6O2/c1-23-15-14(16(27)24(2)18(23)28)26(10-11-3-4-12(19)9-13(11)20)17(22-15)25-7-5-21-6-8-25/h3-4,9,21H,5-8,10H2,1-2H3. The summed E-state index contributed by atoms with van der Waals surface area (Å²) in [6.45, 7) is 3.50. The van der Waals surface area contributed by atoms with Crippen molar-refractivity contribution in [2.45, 2.75) is 6.54 Å². The number of aromatic nitrogens is 4. The average Bonchev–Trinajstić information content (AvgIpc) is 3.07. The van der Waals surface area contributed by atoms with E-state index in [0.717, 1.165) is 36.3 Å². The molecular weight excluding hydrogens is 403 g/mol. The lowest BCUT2D eigenvalue weighted by Crippen LogP contribution is -2.44. The molecule has 1 fully saturated rings. The largest absolute Gasteiger partial charge is 0.340 e. The van der Waals surface area contributed by atoms with Crippen molar-refractivity contribution in [1.29, 1.82) is 0 Å². The maximum Gasteiger partial charge on any atom is 0.332 e. The Bertz CT molecular complexity index is 1170. The van der Waals surface area contributed by atoms with Gasteiger partial charge in [0.2, 0.25) is 5.95 Å². The molecule has 3 heterocycles. The van der Waals surface area contributed by atoms with Crippen molar-refractivity contribution in [3.63, 3.8) is 0 Å². The summed E-state index contributed by atoms with van der Waals surface area (Å²) in [5.41, 5.74) is 0.782. The molecular formula is C18H20Cl2N6O2. The maximum absolute atomic E-state index is 13.0. The lowest BCUT2D eigenvalue weighted by molar-refractivity contribution is 0.571. The molecule has 10 heteroatoms. The van der Waals surface area contributed by atoms with Crippen molar-refractivity contribution in [3.8, 4) is 0 Å². The summed E-state index contributed by atoms with van der Waals surface area (Å²) in [7, 11) is 3.10. The fraction of sp³-hybridized carbons (Fsp3) is 0.389. The number of aryl methyl sites for hydroxylation is 1. The van der Waals surface area contributed by atoms with Crippen LogP contribution in [0.3, 0.4) is 0 Å². The molecule has 0 aliphatic carbocycles. The second-order valence-electron chi connectivity index (χ2n) is 6.85. The van der Waals surface area contributed by atoms with E-state index in [1.165, 1.54) is 11.6 Å². The Morgan fingerprint density at radius 1 is 1.11 bits per heavy atom. The van der Waals surface area contributed by atoms with E-state index in [0.29, 0.717) is 33.7 Å². The number of nitrogens with zero attached hydrogens (tertiary/aromatic N) is 5. The average molecular weight is 423 g/mol. The van der Waals surface area contributed by atoms with Crippen molar-refractivity contribution >= 4 is 40.3 Å². The van der Waals surface area contributed by atoms with Crippen LogP contribution < -0.4 is 21.5 Å². The summed E-state index contributed by atoms with van der Waals surface area (Å²) in [6, 6.07) is 5.28. The van der Waals surface area contributed by atoms with E-state index in [1.54, 1.807) is 19.2 Å². The fourth-order valence-corrected chi connectivity index (χ4v) is 3.98. The molecule has 0 unspecified atom stereocenters. The maximum atomic E-state index is 13.0. The van der Waals surface area contributed by atoms with Crippen molar-refractivity contribution in [2.24, 2.45) is 14.1 Å². The smallest absolute Gasteiger partial charge is 0.332 e. The molecule has 1 saturated heterocycles. The Balaban J connectivity index is 1.97. The number of anilines is 1. The second-order valence-corrected chi connectivity index (χ2v) is 7.69.